The summed E-state index contributed by atoms with van der Waals surface area (Å²) in [7, 11) is 0. The maximum atomic E-state index is 13.0. The van der Waals surface area contributed by atoms with Gasteiger partial charge in [0.25, 0.3) is 0 Å². The third-order valence-corrected chi connectivity index (χ3v) is 3.92. The van der Waals surface area contributed by atoms with Crippen LogP contribution in [-0.2, 0) is 6.42 Å². The van der Waals surface area contributed by atoms with Gasteiger partial charge >= 0.3 is 5.63 Å². The second-order valence-corrected chi connectivity index (χ2v) is 5.56. The van der Waals surface area contributed by atoms with Crippen LogP contribution < -0.4 is 5.63 Å². The number of halogens is 1. The number of hydrogen-bond donors (Lipinski definition) is 0. The standard InChI is InChI=1S/C17H17FO2/c18-15-7-5-13(6-8-15)11-14(10-12-3-4-12)16-2-1-9-20-17(16)19/h1-2,5-9,12,14H,3-4,10-11H2. The molecule has 1 aliphatic carbocycles. The topological polar surface area (TPSA) is 30.2 Å². The Morgan fingerprint density at radius 2 is 1.95 bits per heavy atom. The van der Waals surface area contributed by atoms with E-state index in [-0.39, 0.29) is 17.4 Å². The van der Waals surface area contributed by atoms with Crippen LogP contribution in [0.5, 0.6) is 0 Å². The fraction of sp³-hybridized carbons (Fsp3) is 0.353. The molecule has 0 amide bonds. The van der Waals surface area contributed by atoms with Crippen molar-refractivity contribution >= 4 is 0 Å². The first-order valence-electron chi connectivity index (χ1n) is 7.04. The summed E-state index contributed by atoms with van der Waals surface area (Å²) in [5, 5.41) is 0. The molecule has 0 saturated heterocycles. The minimum atomic E-state index is -0.250. The maximum Gasteiger partial charge on any atom is 0.339 e. The zero-order chi connectivity index (χ0) is 13.9. The molecule has 1 fully saturated rings. The Labute approximate surface area is 117 Å². The lowest BCUT2D eigenvalue weighted by Gasteiger charge is -2.15. The van der Waals surface area contributed by atoms with Crippen molar-refractivity contribution in [3.63, 3.8) is 0 Å². The van der Waals surface area contributed by atoms with Crippen molar-refractivity contribution in [2.45, 2.75) is 31.6 Å². The van der Waals surface area contributed by atoms with Gasteiger partial charge < -0.3 is 4.42 Å². The molecule has 2 aromatic rings. The average Bonchev–Trinajstić information content (AvgIpc) is 3.25. The molecule has 3 heteroatoms. The minimum Gasteiger partial charge on any atom is -0.431 e. The van der Waals surface area contributed by atoms with Gasteiger partial charge in [0.05, 0.1) is 6.26 Å². The lowest BCUT2D eigenvalue weighted by atomic mass is 9.88. The first-order valence-corrected chi connectivity index (χ1v) is 7.04. The van der Waals surface area contributed by atoms with Crippen LogP contribution in [0.15, 0.2) is 51.9 Å². The Morgan fingerprint density at radius 1 is 1.20 bits per heavy atom. The van der Waals surface area contributed by atoms with Crippen LogP contribution in [0.4, 0.5) is 4.39 Å². The predicted octanol–water partition coefficient (Wildman–Crippen LogP) is 3.91. The molecule has 1 aromatic carbocycles. The third kappa shape index (κ3) is 3.16. The lowest BCUT2D eigenvalue weighted by molar-refractivity contribution is 0.476. The second-order valence-electron chi connectivity index (χ2n) is 5.56. The van der Waals surface area contributed by atoms with Crippen LogP contribution in [-0.4, -0.2) is 0 Å². The van der Waals surface area contributed by atoms with Crippen LogP contribution in [0.1, 0.15) is 36.3 Å². The predicted molar refractivity (Wildman–Crippen MR) is 75.2 cm³/mol. The van der Waals surface area contributed by atoms with Gasteiger partial charge in [-0.15, -0.1) is 0 Å². The van der Waals surface area contributed by atoms with Gasteiger partial charge in [-0.05, 0) is 54.5 Å². The Morgan fingerprint density at radius 3 is 2.60 bits per heavy atom. The zero-order valence-electron chi connectivity index (χ0n) is 11.2. The summed E-state index contributed by atoms with van der Waals surface area (Å²) in [4.78, 5) is 11.9. The summed E-state index contributed by atoms with van der Waals surface area (Å²) in [6.45, 7) is 0. The molecule has 0 aliphatic heterocycles. The molecule has 0 N–H and O–H groups in total. The molecule has 1 atom stereocenters. The van der Waals surface area contributed by atoms with Gasteiger partial charge in [-0.2, -0.15) is 0 Å². The molecular weight excluding hydrogens is 255 g/mol. The van der Waals surface area contributed by atoms with E-state index in [0.29, 0.717) is 0 Å². The molecule has 0 radical (unpaired) electrons. The van der Waals surface area contributed by atoms with E-state index in [1.54, 1.807) is 18.2 Å². The summed E-state index contributed by atoms with van der Waals surface area (Å²) in [6, 6.07) is 10.1. The first kappa shape index (κ1) is 13.1. The van der Waals surface area contributed by atoms with Crippen LogP contribution >= 0.6 is 0 Å². The van der Waals surface area contributed by atoms with E-state index >= 15 is 0 Å². The molecule has 1 heterocycles. The summed E-state index contributed by atoms with van der Waals surface area (Å²) >= 11 is 0. The number of rotatable bonds is 5. The van der Waals surface area contributed by atoms with Crippen molar-refractivity contribution in [3.8, 4) is 0 Å². The minimum absolute atomic E-state index is 0.158. The Kier molecular flexibility index (Phi) is 3.68. The van der Waals surface area contributed by atoms with Crippen LogP contribution in [0.3, 0.4) is 0 Å². The highest BCUT2D eigenvalue weighted by molar-refractivity contribution is 5.22. The Balaban J connectivity index is 1.84. The first-order chi connectivity index (χ1) is 9.72. The van der Waals surface area contributed by atoms with Crippen molar-refractivity contribution in [1.29, 1.82) is 0 Å². The molecule has 2 nitrogen and oxygen atoms in total. The summed E-state index contributed by atoms with van der Waals surface area (Å²) in [6.07, 6.45) is 5.67. The molecule has 20 heavy (non-hydrogen) atoms. The van der Waals surface area contributed by atoms with E-state index < -0.39 is 0 Å². The van der Waals surface area contributed by atoms with Crippen LogP contribution in [0, 0.1) is 11.7 Å². The normalized spacial score (nSPS) is 16.1. The van der Waals surface area contributed by atoms with E-state index in [2.05, 4.69) is 0 Å². The van der Waals surface area contributed by atoms with Gasteiger partial charge in [0.2, 0.25) is 0 Å². The monoisotopic (exact) mass is 272 g/mol. The van der Waals surface area contributed by atoms with Crippen molar-refractivity contribution in [2.24, 2.45) is 5.92 Å². The number of hydrogen-bond acceptors (Lipinski definition) is 2. The van der Waals surface area contributed by atoms with E-state index in [4.69, 9.17) is 4.42 Å². The van der Waals surface area contributed by atoms with Gasteiger partial charge in [-0.25, -0.2) is 9.18 Å². The Hall–Kier alpha value is -1.90. The summed E-state index contributed by atoms with van der Waals surface area (Å²) in [5.74, 6) is 0.650. The highest BCUT2D eigenvalue weighted by atomic mass is 19.1. The van der Waals surface area contributed by atoms with Gasteiger partial charge in [-0.1, -0.05) is 25.0 Å². The molecule has 104 valence electrons. The van der Waals surface area contributed by atoms with E-state index in [1.807, 2.05) is 6.07 Å². The fourth-order valence-electron chi connectivity index (χ4n) is 2.66. The van der Waals surface area contributed by atoms with Crippen molar-refractivity contribution in [3.05, 3.63) is 70.0 Å². The van der Waals surface area contributed by atoms with Gasteiger partial charge in [-0.3, -0.25) is 0 Å². The highest BCUT2D eigenvalue weighted by Crippen LogP contribution is 2.39. The number of benzene rings is 1. The van der Waals surface area contributed by atoms with Gasteiger partial charge in [0.15, 0.2) is 0 Å². The third-order valence-electron chi connectivity index (χ3n) is 3.92. The largest absolute Gasteiger partial charge is 0.431 e. The molecular formula is C17H17FO2. The van der Waals surface area contributed by atoms with Crippen molar-refractivity contribution < 1.29 is 8.81 Å². The zero-order valence-corrected chi connectivity index (χ0v) is 11.2. The van der Waals surface area contributed by atoms with Crippen LogP contribution in [0.25, 0.3) is 0 Å². The second kappa shape index (κ2) is 5.61. The Bertz CT molecular complexity index is 626. The van der Waals surface area contributed by atoms with Gasteiger partial charge in [0.1, 0.15) is 5.82 Å². The maximum absolute atomic E-state index is 13.0. The highest BCUT2D eigenvalue weighted by Gasteiger charge is 2.27. The summed E-state index contributed by atoms with van der Waals surface area (Å²) < 4.78 is 17.9. The molecule has 3 rings (SSSR count). The van der Waals surface area contributed by atoms with Crippen LogP contribution in [0.2, 0.25) is 0 Å². The molecule has 1 aromatic heterocycles. The fourth-order valence-corrected chi connectivity index (χ4v) is 2.66. The molecule has 1 saturated carbocycles. The molecule has 1 aliphatic rings. The van der Waals surface area contributed by atoms with Gasteiger partial charge in [0, 0.05) is 5.56 Å². The van der Waals surface area contributed by atoms with Crippen molar-refractivity contribution in [2.75, 3.05) is 0 Å². The SMILES string of the molecule is O=c1occcc1C(Cc1ccc(F)cc1)CC1CC1. The van der Waals surface area contributed by atoms with E-state index in [0.717, 1.165) is 29.9 Å². The smallest absolute Gasteiger partial charge is 0.339 e. The average molecular weight is 272 g/mol. The quantitative estimate of drug-likeness (QED) is 0.826. The molecule has 0 bridgehead atoms. The molecule has 0 spiro atoms. The van der Waals surface area contributed by atoms with E-state index in [1.165, 1.54) is 31.2 Å². The van der Waals surface area contributed by atoms with E-state index in [9.17, 15) is 9.18 Å². The lowest BCUT2D eigenvalue weighted by Crippen LogP contribution is -2.14. The molecule has 1 unspecified atom stereocenters. The summed E-state index contributed by atoms with van der Waals surface area (Å²) in [5.41, 5.74) is 1.55. The van der Waals surface area contributed by atoms with Crippen molar-refractivity contribution in [1.82, 2.24) is 0 Å².